The molecule has 0 aliphatic heterocycles. The number of nitrogens with zero attached hydrogens (tertiary/aromatic N) is 5. The summed E-state index contributed by atoms with van der Waals surface area (Å²) in [6.07, 6.45) is 6.14. The van der Waals surface area contributed by atoms with Gasteiger partial charge in [-0.05, 0) is 43.7 Å². The van der Waals surface area contributed by atoms with E-state index in [9.17, 15) is 9.59 Å². The second-order valence-corrected chi connectivity index (χ2v) is 8.72. The molecular formula is C24H28N6O3. The number of aryl methyl sites for hydroxylation is 2. The zero-order chi connectivity index (χ0) is 22.8. The Kier molecular flexibility index (Phi) is 5.93. The molecule has 0 atom stereocenters. The number of rotatable bonds is 9. The first kappa shape index (κ1) is 21.4. The molecular weight excluding hydrogens is 420 g/mol. The minimum Gasteiger partial charge on any atom is -0.336 e. The van der Waals surface area contributed by atoms with Crippen molar-refractivity contribution in [1.82, 2.24) is 29.2 Å². The molecule has 5 rings (SSSR count). The van der Waals surface area contributed by atoms with Gasteiger partial charge in [0.2, 0.25) is 0 Å². The second kappa shape index (κ2) is 9.17. The van der Waals surface area contributed by atoms with Gasteiger partial charge in [0.25, 0.3) is 11.4 Å². The Labute approximate surface area is 190 Å². The number of aromatic nitrogens is 6. The molecule has 0 bridgehead atoms. The molecule has 1 saturated carbocycles. The van der Waals surface area contributed by atoms with E-state index in [0.717, 1.165) is 30.7 Å². The number of benzene rings is 1. The van der Waals surface area contributed by atoms with Gasteiger partial charge in [-0.3, -0.25) is 13.9 Å². The highest BCUT2D eigenvalue weighted by molar-refractivity contribution is 5.69. The van der Waals surface area contributed by atoms with Crippen LogP contribution in [0.25, 0.3) is 22.6 Å². The summed E-state index contributed by atoms with van der Waals surface area (Å²) in [7, 11) is 0. The minimum absolute atomic E-state index is 0.264. The lowest BCUT2D eigenvalue weighted by molar-refractivity contribution is 0.273. The molecule has 3 aromatic heterocycles. The third kappa shape index (κ3) is 4.27. The van der Waals surface area contributed by atoms with E-state index in [2.05, 4.69) is 20.1 Å². The van der Waals surface area contributed by atoms with Gasteiger partial charge in [0.15, 0.2) is 11.5 Å². The number of hydrogen-bond acceptors (Lipinski definition) is 6. The Bertz CT molecular complexity index is 1360. The van der Waals surface area contributed by atoms with Crippen LogP contribution in [0.4, 0.5) is 0 Å². The van der Waals surface area contributed by atoms with Crippen molar-refractivity contribution < 1.29 is 4.52 Å². The van der Waals surface area contributed by atoms with E-state index in [0.29, 0.717) is 61.1 Å². The standard InChI is InChI=1S/C24H28N6O3/c1-2-18-25-20-21(26-18)30(15-16-9-8-10-16)24(32)29(23(20)31)14-7-6-13-19-27-22(33-28-19)17-11-4-3-5-12-17/h3-5,11-12,16H,2,6-10,13-15H2,1H3,(H,25,26). The summed E-state index contributed by atoms with van der Waals surface area (Å²) in [6, 6.07) is 9.64. The summed E-state index contributed by atoms with van der Waals surface area (Å²) in [6.45, 7) is 2.95. The Balaban J connectivity index is 1.31. The maximum Gasteiger partial charge on any atom is 0.332 e. The van der Waals surface area contributed by atoms with Gasteiger partial charge in [0.1, 0.15) is 11.3 Å². The summed E-state index contributed by atoms with van der Waals surface area (Å²) in [4.78, 5) is 38.4. The Morgan fingerprint density at radius 1 is 1.09 bits per heavy atom. The van der Waals surface area contributed by atoms with E-state index in [4.69, 9.17) is 4.52 Å². The highest BCUT2D eigenvalue weighted by atomic mass is 16.5. The number of aromatic amines is 1. The predicted octanol–water partition coefficient (Wildman–Crippen LogP) is 3.32. The normalized spacial score (nSPS) is 14.1. The molecule has 0 radical (unpaired) electrons. The summed E-state index contributed by atoms with van der Waals surface area (Å²) >= 11 is 0. The average molecular weight is 449 g/mol. The predicted molar refractivity (Wildman–Crippen MR) is 124 cm³/mol. The van der Waals surface area contributed by atoms with Crippen molar-refractivity contribution in [3.8, 4) is 11.5 Å². The third-order valence-electron chi connectivity index (χ3n) is 6.43. The highest BCUT2D eigenvalue weighted by Crippen LogP contribution is 2.28. The lowest BCUT2D eigenvalue weighted by Gasteiger charge is -2.26. The molecule has 3 heterocycles. The molecule has 4 aromatic rings. The van der Waals surface area contributed by atoms with Gasteiger partial charge < -0.3 is 9.51 Å². The number of fused-ring (bicyclic) bond motifs is 1. The molecule has 0 spiro atoms. The van der Waals surface area contributed by atoms with Crippen molar-refractivity contribution in [3.05, 3.63) is 62.8 Å². The van der Waals surface area contributed by atoms with Gasteiger partial charge in [0.05, 0.1) is 0 Å². The van der Waals surface area contributed by atoms with Crippen molar-refractivity contribution in [1.29, 1.82) is 0 Å². The minimum atomic E-state index is -0.294. The summed E-state index contributed by atoms with van der Waals surface area (Å²) in [5.74, 6) is 2.33. The van der Waals surface area contributed by atoms with E-state index in [1.54, 1.807) is 4.57 Å². The smallest absolute Gasteiger partial charge is 0.332 e. The van der Waals surface area contributed by atoms with E-state index >= 15 is 0 Å². The van der Waals surface area contributed by atoms with Crippen molar-refractivity contribution in [3.63, 3.8) is 0 Å². The quantitative estimate of drug-likeness (QED) is 0.393. The molecule has 1 aromatic carbocycles. The Morgan fingerprint density at radius 3 is 2.64 bits per heavy atom. The molecule has 1 aliphatic carbocycles. The molecule has 1 N–H and O–H groups in total. The second-order valence-electron chi connectivity index (χ2n) is 8.72. The SMILES string of the molecule is CCc1nc2c([nH]1)c(=O)n(CCCCc1noc(-c3ccccc3)n1)c(=O)n2CC1CCC1. The fourth-order valence-electron chi connectivity index (χ4n) is 4.28. The van der Waals surface area contributed by atoms with Crippen LogP contribution in [0, 0.1) is 5.92 Å². The van der Waals surface area contributed by atoms with Gasteiger partial charge in [-0.1, -0.05) is 36.7 Å². The summed E-state index contributed by atoms with van der Waals surface area (Å²) in [5, 5.41) is 4.05. The Hall–Kier alpha value is -3.49. The van der Waals surface area contributed by atoms with Crippen molar-refractivity contribution in [2.75, 3.05) is 0 Å². The van der Waals surface area contributed by atoms with Crippen LogP contribution in [-0.2, 0) is 25.9 Å². The number of imidazole rings is 1. The number of hydrogen-bond donors (Lipinski definition) is 1. The van der Waals surface area contributed by atoms with Crippen LogP contribution >= 0.6 is 0 Å². The maximum atomic E-state index is 13.2. The number of unbranched alkanes of at least 4 members (excludes halogenated alkanes) is 1. The molecule has 0 amide bonds. The average Bonchev–Trinajstić information content (AvgIpc) is 3.45. The van der Waals surface area contributed by atoms with Crippen LogP contribution in [0.15, 0.2) is 44.4 Å². The number of H-pyrrole nitrogens is 1. The first-order valence-corrected chi connectivity index (χ1v) is 11.7. The molecule has 9 heteroatoms. The molecule has 33 heavy (non-hydrogen) atoms. The van der Waals surface area contributed by atoms with Crippen LogP contribution in [0.3, 0.4) is 0 Å². The highest BCUT2D eigenvalue weighted by Gasteiger charge is 2.23. The molecule has 9 nitrogen and oxygen atoms in total. The first-order valence-electron chi connectivity index (χ1n) is 11.7. The topological polar surface area (TPSA) is 112 Å². The zero-order valence-corrected chi connectivity index (χ0v) is 18.8. The van der Waals surface area contributed by atoms with Gasteiger partial charge in [0, 0.05) is 31.5 Å². The van der Waals surface area contributed by atoms with E-state index < -0.39 is 0 Å². The van der Waals surface area contributed by atoms with E-state index in [1.807, 2.05) is 37.3 Å². The lowest BCUT2D eigenvalue weighted by atomic mass is 9.85. The van der Waals surface area contributed by atoms with Crippen molar-refractivity contribution in [2.24, 2.45) is 5.92 Å². The lowest BCUT2D eigenvalue weighted by Crippen LogP contribution is -2.41. The van der Waals surface area contributed by atoms with Crippen LogP contribution < -0.4 is 11.2 Å². The van der Waals surface area contributed by atoms with Gasteiger partial charge in [-0.25, -0.2) is 9.78 Å². The summed E-state index contributed by atoms with van der Waals surface area (Å²) in [5.41, 5.74) is 1.24. The summed E-state index contributed by atoms with van der Waals surface area (Å²) < 4.78 is 8.40. The van der Waals surface area contributed by atoms with E-state index in [1.165, 1.54) is 11.0 Å². The van der Waals surface area contributed by atoms with Gasteiger partial charge >= 0.3 is 5.69 Å². The monoisotopic (exact) mass is 448 g/mol. The fourth-order valence-corrected chi connectivity index (χ4v) is 4.28. The van der Waals surface area contributed by atoms with Crippen molar-refractivity contribution in [2.45, 2.75) is 65.0 Å². The van der Waals surface area contributed by atoms with Crippen LogP contribution in [0.2, 0.25) is 0 Å². The first-order chi connectivity index (χ1) is 16.1. The zero-order valence-electron chi connectivity index (χ0n) is 18.8. The third-order valence-corrected chi connectivity index (χ3v) is 6.43. The number of nitrogens with one attached hydrogen (secondary N) is 1. The van der Waals surface area contributed by atoms with Gasteiger partial charge in [-0.2, -0.15) is 4.98 Å². The Morgan fingerprint density at radius 2 is 1.91 bits per heavy atom. The van der Waals surface area contributed by atoms with Gasteiger partial charge in [-0.15, -0.1) is 0 Å². The van der Waals surface area contributed by atoms with Crippen LogP contribution in [0.1, 0.15) is 50.7 Å². The maximum absolute atomic E-state index is 13.2. The molecule has 1 aliphatic rings. The molecule has 0 saturated heterocycles. The van der Waals surface area contributed by atoms with E-state index in [-0.39, 0.29) is 11.2 Å². The molecule has 1 fully saturated rings. The van der Waals surface area contributed by atoms with Crippen LogP contribution in [-0.4, -0.2) is 29.2 Å². The van der Waals surface area contributed by atoms with Crippen LogP contribution in [0.5, 0.6) is 0 Å². The molecule has 172 valence electrons. The fraction of sp³-hybridized carbons (Fsp3) is 0.458. The van der Waals surface area contributed by atoms with Crippen molar-refractivity contribution >= 4 is 11.2 Å². The largest absolute Gasteiger partial charge is 0.336 e. The molecule has 0 unspecified atom stereocenters.